The first-order valence-corrected chi connectivity index (χ1v) is 28.1. The van der Waals surface area contributed by atoms with Crippen LogP contribution >= 0.6 is 0 Å². The fourth-order valence-electron chi connectivity index (χ4n) is 20.8. The van der Waals surface area contributed by atoms with Crippen molar-refractivity contribution in [3.05, 3.63) is 46.4 Å². The average molecular weight is 1020 g/mol. The van der Waals surface area contributed by atoms with E-state index in [9.17, 15) is 33.9 Å². The smallest absolute Gasteiger partial charge is 0.312 e. The van der Waals surface area contributed by atoms with Gasteiger partial charge in [-0.3, -0.25) is 19.2 Å². The standard InChI is InChI=1S/C32H45NO4.C30H41NO4.2CH4/c1-9-37-27(36)32-14-12-28(3,4)17-21(32)25-23(34)16-24-29(5)18-22(33-8)26(35)19(2)20(29)10-11-30(24,6)31(25,7)13-15-32;1-17-18-8-9-28(5)22(27(18,4)16-20(31-7)24(17)33)14-21(32)23-19-15-26(2,3)10-12-30(19,25(34)35)13-11-29(23,28)6;;/h18-21,24-25H,9-17H2,1-7H3;16-19,22-23H,8-15H2,1-6H3,(H,34,35);2*1H4/t19-,20-,21-,24+,25-,29-,30+,31+,32-;17-,18-,19-,22+,23-,27-,28+,29+,30-;;/m00../s1/i;;2*1T. The van der Waals surface area contributed by atoms with Gasteiger partial charge < -0.3 is 19.4 Å². The summed E-state index contributed by atoms with van der Waals surface area (Å²) in [5.41, 5.74) is -2.22. The number of ketones is 4. The van der Waals surface area contributed by atoms with Gasteiger partial charge in [-0.1, -0.05) is 110 Å². The zero-order valence-electron chi connectivity index (χ0n) is 50.1. The minimum absolute atomic E-state index is 0.00561. The molecule has 0 radical (unpaired) electrons. The van der Waals surface area contributed by atoms with Crippen LogP contribution in [0.25, 0.3) is 9.69 Å². The summed E-state index contributed by atoms with van der Waals surface area (Å²) >= 11 is 0. The number of carboxylic acids is 1. The van der Waals surface area contributed by atoms with Crippen LogP contribution in [0.15, 0.2) is 23.5 Å². The van der Waals surface area contributed by atoms with Gasteiger partial charge in [-0.2, -0.15) is 0 Å². The predicted octanol–water partition coefficient (Wildman–Crippen LogP) is 14.4. The van der Waals surface area contributed by atoms with E-state index in [0.717, 1.165) is 77.0 Å². The molecule has 1 N–H and O–H groups in total. The van der Waals surface area contributed by atoms with E-state index in [1.807, 2.05) is 32.9 Å². The quantitative estimate of drug-likeness (QED) is 0.218. The van der Waals surface area contributed by atoms with Gasteiger partial charge in [-0.25, -0.2) is 9.69 Å². The molecule has 0 bridgehead atoms. The normalized spacial score (nSPS) is 48.3. The van der Waals surface area contributed by atoms with Crippen molar-refractivity contribution in [2.45, 2.75) is 208 Å². The highest BCUT2D eigenvalue weighted by Crippen LogP contribution is 2.77. The minimum atomic E-state index is -0.789. The summed E-state index contributed by atoms with van der Waals surface area (Å²) in [6.07, 6.45) is 16.6. The number of esters is 1. The molecule has 0 spiro atoms. The molecule has 10 heteroatoms. The molecule has 8 fully saturated rings. The summed E-state index contributed by atoms with van der Waals surface area (Å²) in [6, 6.07) is 0. The maximum atomic E-state index is 14.4. The number of allylic oxidation sites excluding steroid dienone is 4. The Morgan fingerprint density at radius 1 is 0.595 bits per heavy atom. The number of Topliss-reactive ketones (excluding diaryl/α,β-unsaturated/α-hetero) is 4. The Bertz CT molecular complexity index is 2550. The van der Waals surface area contributed by atoms with Gasteiger partial charge in [-0.15, -0.1) is 0 Å². The third-order valence-electron chi connectivity index (χ3n) is 25.3. The highest BCUT2D eigenvalue weighted by molar-refractivity contribution is 6.01. The van der Waals surface area contributed by atoms with Crippen molar-refractivity contribution in [3.8, 4) is 0 Å². The molecule has 10 aliphatic rings. The predicted molar refractivity (Wildman–Crippen MR) is 288 cm³/mol. The minimum Gasteiger partial charge on any atom is -0.481 e. The molecule has 0 aromatic carbocycles. The molecule has 0 heterocycles. The second-order valence-corrected chi connectivity index (χ2v) is 29.0. The Kier molecular flexibility index (Phi) is 13.6. The van der Waals surface area contributed by atoms with Crippen LogP contribution in [0, 0.1) is 126 Å². The number of nitrogens with zero attached hydrogens (tertiary/aromatic N) is 2. The lowest BCUT2D eigenvalue weighted by atomic mass is 9.32. The van der Waals surface area contributed by atoms with Crippen molar-refractivity contribution in [1.82, 2.24) is 0 Å². The van der Waals surface area contributed by atoms with Crippen molar-refractivity contribution >= 4 is 35.1 Å². The third-order valence-corrected chi connectivity index (χ3v) is 25.3. The number of hydrogen-bond acceptors (Lipinski definition) is 7. The van der Waals surface area contributed by atoms with Crippen LogP contribution in [0.3, 0.4) is 0 Å². The van der Waals surface area contributed by atoms with E-state index in [1.165, 1.54) is 14.8 Å². The van der Waals surface area contributed by atoms with Crippen molar-refractivity contribution in [2.75, 3.05) is 6.61 Å². The third kappa shape index (κ3) is 7.58. The highest BCUT2D eigenvalue weighted by Gasteiger charge is 2.74. The van der Waals surface area contributed by atoms with Crippen LogP contribution in [0.5, 0.6) is 0 Å². The van der Waals surface area contributed by atoms with Gasteiger partial charge in [0.05, 0.1) is 30.6 Å². The molecule has 0 aromatic rings. The van der Waals surface area contributed by atoms with E-state index in [1.54, 1.807) is 0 Å². The first-order chi connectivity index (χ1) is 35.4. The number of rotatable bonds is 3. The van der Waals surface area contributed by atoms with Gasteiger partial charge in [0.1, 0.15) is 11.6 Å². The van der Waals surface area contributed by atoms with Crippen molar-refractivity contribution in [2.24, 2.45) is 113 Å². The maximum Gasteiger partial charge on any atom is 0.312 e. The molecular weight excluding hydrogens is 925 g/mol. The summed E-state index contributed by atoms with van der Waals surface area (Å²) in [5, 5.41) is 10.5. The number of hydrogen-bond donors (Lipinski definition) is 1. The number of carbonyl (C=O) groups is 6. The second-order valence-electron chi connectivity index (χ2n) is 29.0. The monoisotopic (exact) mass is 1020 g/mol. The van der Waals surface area contributed by atoms with E-state index in [4.69, 9.17) is 20.6 Å². The largest absolute Gasteiger partial charge is 0.481 e. The highest BCUT2D eigenvalue weighted by atomic mass is 16.5. The number of fused-ring (bicyclic) bond motifs is 14. The summed E-state index contributed by atoms with van der Waals surface area (Å²) in [6.45, 7) is 44.3. The molecule has 74 heavy (non-hydrogen) atoms. The molecule has 10 rings (SSSR count). The van der Waals surface area contributed by atoms with E-state index in [-0.39, 0.29) is 137 Å². The van der Waals surface area contributed by atoms with Crippen LogP contribution in [-0.2, 0) is 33.5 Å². The number of ether oxygens (including phenoxy) is 1. The molecule has 408 valence electrons. The number of carbonyl (C=O) groups excluding carboxylic acids is 5. The Labute approximate surface area is 448 Å². The van der Waals surface area contributed by atoms with Crippen LogP contribution in [0.2, 0.25) is 0 Å². The lowest BCUT2D eigenvalue weighted by Crippen LogP contribution is -2.68. The van der Waals surface area contributed by atoms with Gasteiger partial charge in [-0.05, 0) is 176 Å². The topological polar surface area (TPSA) is 141 Å². The fourth-order valence-corrected chi connectivity index (χ4v) is 20.8. The van der Waals surface area contributed by atoms with Crippen LogP contribution in [-0.4, -0.2) is 46.8 Å². The summed E-state index contributed by atoms with van der Waals surface area (Å²) in [5.74, 6) is -0.807. The summed E-state index contributed by atoms with van der Waals surface area (Å²) < 4.78 is 17.2. The molecular formula is C64H94N2O8. The fraction of sp³-hybridized carbons (Fsp3) is 0.812. The van der Waals surface area contributed by atoms with E-state index in [2.05, 4.69) is 78.9 Å². The second kappa shape index (κ2) is 18.4. The zero-order chi connectivity index (χ0) is 56.9. The molecule has 0 amide bonds. The molecule has 0 unspecified atom stereocenters. The van der Waals surface area contributed by atoms with E-state index < -0.39 is 16.8 Å². The average Bonchev–Trinajstić information content (AvgIpc) is 3.36. The maximum absolute atomic E-state index is 14.4. The Hall–Kier alpha value is -3.92. The molecule has 0 aliphatic heterocycles. The van der Waals surface area contributed by atoms with Gasteiger partial charge in [0, 0.05) is 39.3 Å². The lowest BCUT2D eigenvalue weighted by molar-refractivity contribution is -0.224. The van der Waals surface area contributed by atoms with Crippen LogP contribution < -0.4 is 0 Å². The molecule has 8 saturated carbocycles. The lowest BCUT2D eigenvalue weighted by Gasteiger charge is -2.71. The number of aliphatic carboxylic acids is 1. The SMILES string of the molecule is [3H]C.[3H]C.[C-]#[N+]C1=C[C@]2(C)[C@H]3CC(=O)[C@@H]4[C@@H]5CC(C)(C)CC[C@]5(C(=O)O)CC[C@@]4(C)[C@]3(C)CC[C@H]2[C@H](C)C1=O.[C-]#[N+]C1=C[C@]2(C)[C@H]3CC(=O)[C@@H]4[C@@H]5CC(C)(C)CC[C@]5(C(=O)OCC)CC[C@@]4(C)[C@]3(C)CC[C@H]2[C@H](C)C1=O. The van der Waals surface area contributed by atoms with Gasteiger partial charge in [0.15, 0.2) is 11.6 Å². The summed E-state index contributed by atoms with van der Waals surface area (Å²) in [7, 11) is 2.50. The van der Waals surface area contributed by atoms with E-state index in [0.29, 0.717) is 38.1 Å². The van der Waals surface area contributed by atoms with Crippen molar-refractivity contribution in [1.29, 1.82) is 0 Å². The zero-order valence-corrected chi connectivity index (χ0v) is 48.1. The Balaban J connectivity index is 0.000000208. The Morgan fingerprint density at radius 3 is 1.34 bits per heavy atom. The number of carboxylic acid groups (broad SMARTS) is 1. The first-order valence-electron chi connectivity index (χ1n) is 30.1. The molecule has 0 saturated heterocycles. The molecule has 0 aromatic heterocycles. The van der Waals surface area contributed by atoms with Crippen molar-refractivity contribution in [3.63, 3.8) is 0 Å². The summed E-state index contributed by atoms with van der Waals surface area (Å²) in [4.78, 5) is 88.0. The van der Waals surface area contributed by atoms with Gasteiger partial charge in [0.25, 0.3) is 0 Å². The van der Waals surface area contributed by atoms with Crippen molar-refractivity contribution < 1.29 is 41.4 Å². The van der Waals surface area contributed by atoms with Crippen LogP contribution in [0.4, 0.5) is 0 Å². The molecule has 10 nitrogen and oxygen atoms in total. The molecule has 18 atom stereocenters. The Morgan fingerprint density at radius 2 is 0.959 bits per heavy atom. The molecule has 10 aliphatic carbocycles. The van der Waals surface area contributed by atoms with Gasteiger partial charge >= 0.3 is 11.9 Å². The van der Waals surface area contributed by atoms with Gasteiger partial charge in [0.2, 0.25) is 11.4 Å². The first kappa shape index (κ1) is 54.9. The van der Waals surface area contributed by atoms with Crippen LogP contribution in [0.1, 0.15) is 210 Å². The van der Waals surface area contributed by atoms with E-state index >= 15 is 0 Å².